The summed E-state index contributed by atoms with van der Waals surface area (Å²) in [5, 5.41) is 3.28. The molecule has 0 unspecified atom stereocenters. The van der Waals surface area contributed by atoms with Crippen LogP contribution in [-0.4, -0.2) is 23.1 Å². The molecular weight excluding hydrogens is 327 g/mol. The second-order valence-electron chi connectivity index (χ2n) is 6.48. The molecule has 0 radical (unpaired) electrons. The fourth-order valence-corrected chi connectivity index (χ4v) is 3.18. The monoisotopic (exact) mass is 348 g/mol. The zero-order chi connectivity index (χ0) is 17.8. The third kappa shape index (κ3) is 3.82. The molecular formula is C21H21FN4. The van der Waals surface area contributed by atoms with Gasteiger partial charge >= 0.3 is 0 Å². The normalized spacial score (nSPS) is 14.3. The molecule has 26 heavy (non-hydrogen) atoms. The van der Waals surface area contributed by atoms with Crippen molar-refractivity contribution < 1.29 is 4.39 Å². The van der Waals surface area contributed by atoms with Gasteiger partial charge in [0.15, 0.2) is 5.82 Å². The second kappa shape index (κ2) is 7.52. The SMILES string of the molecule is Fc1ccc(Nc2cc(N3CCCCC3)nc(-c3ccccc3)n2)cc1. The maximum absolute atomic E-state index is 13.2. The Labute approximate surface area is 152 Å². The van der Waals surface area contributed by atoms with Gasteiger partial charge in [0, 0.05) is 30.4 Å². The fraction of sp³-hybridized carbons (Fsp3) is 0.238. The summed E-state index contributed by atoms with van der Waals surface area (Å²) in [6.45, 7) is 2.03. The second-order valence-corrected chi connectivity index (χ2v) is 6.48. The van der Waals surface area contributed by atoms with E-state index in [2.05, 4.69) is 15.2 Å². The molecule has 2 aromatic carbocycles. The number of halogens is 1. The maximum Gasteiger partial charge on any atom is 0.163 e. The van der Waals surface area contributed by atoms with E-state index in [-0.39, 0.29) is 5.82 Å². The van der Waals surface area contributed by atoms with E-state index in [1.165, 1.54) is 31.4 Å². The topological polar surface area (TPSA) is 41.0 Å². The molecule has 3 aromatic rings. The van der Waals surface area contributed by atoms with Gasteiger partial charge in [-0.05, 0) is 43.5 Å². The van der Waals surface area contributed by atoms with Crippen LogP contribution in [0.1, 0.15) is 19.3 Å². The van der Waals surface area contributed by atoms with E-state index in [9.17, 15) is 4.39 Å². The van der Waals surface area contributed by atoms with Crippen LogP contribution in [0, 0.1) is 5.82 Å². The van der Waals surface area contributed by atoms with Crippen molar-refractivity contribution in [1.29, 1.82) is 0 Å². The lowest BCUT2D eigenvalue weighted by atomic mass is 10.1. The molecule has 2 heterocycles. The van der Waals surface area contributed by atoms with E-state index in [0.717, 1.165) is 30.2 Å². The van der Waals surface area contributed by atoms with Crippen LogP contribution in [0.3, 0.4) is 0 Å². The van der Waals surface area contributed by atoms with Crippen molar-refractivity contribution in [3.05, 3.63) is 66.5 Å². The van der Waals surface area contributed by atoms with Gasteiger partial charge in [-0.2, -0.15) is 0 Å². The Kier molecular flexibility index (Phi) is 4.78. The first-order valence-electron chi connectivity index (χ1n) is 9.00. The van der Waals surface area contributed by atoms with E-state index >= 15 is 0 Å². The van der Waals surface area contributed by atoms with Gasteiger partial charge in [-0.3, -0.25) is 0 Å². The van der Waals surface area contributed by atoms with Crippen molar-refractivity contribution in [3.63, 3.8) is 0 Å². The van der Waals surface area contributed by atoms with Crippen molar-refractivity contribution in [2.24, 2.45) is 0 Å². The van der Waals surface area contributed by atoms with Gasteiger partial charge in [-0.15, -0.1) is 0 Å². The third-order valence-corrected chi connectivity index (χ3v) is 4.54. The molecule has 0 atom stereocenters. The third-order valence-electron chi connectivity index (χ3n) is 4.54. The Hall–Kier alpha value is -2.95. The Morgan fingerprint density at radius 1 is 0.846 bits per heavy atom. The van der Waals surface area contributed by atoms with Gasteiger partial charge in [0.2, 0.25) is 0 Å². The molecule has 4 nitrogen and oxygen atoms in total. The number of hydrogen-bond acceptors (Lipinski definition) is 4. The van der Waals surface area contributed by atoms with Gasteiger partial charge in [0.1, 0.15) is 17.5 Å². The molecule has 5 heteroatoms. The Morgan fingerprint density at radius 3 is 2.31 bits per heavy atom. The zero-order valence-electron chi connectivity index (χ0n) is 14.5. The number of hydrogen-bond donors (Lipinski definition) is 1. The summed E-state index contributed by atoms with van der Waals surface area (Å²) in [6.07, 6.45) is 3.64. The predicted molar refractivity (Wildman–Crippen MR) is 103 cm³/mol. The van der Waals surface area contributed by atoms with Crippen molar-refractivity contribution in [2.45, 2.75) is 19.3 Å². The van der Waals surface area contributed by atoms with E-state index in [1.54, 1.807) is 12.1 Å². The minimum atomic E-state index is -0.253. The van der Waals surface area contributed by atoms with Gasteiger partial charge in [-0.1, -0.05) is 30.3 Å². The summed E-state index contributed by atoms with van der Waals surface area (Å²) in [4.78, 5) is 11.8. The van der Waals surface area contributed by atoms with Crippen molar-refractivity contribution in [1.82, 2.24) is 9.97 Å². The molecule has 0 aliphatic carbocycles. The highest BCUT2D eigenvalue weighted by Crippen LogP contribution is 2.26. The average Bonchev–Trinajstić information content (AvgIpc) is 2.71. The first-order chi connectivity index (χ1) is 12.8. The molecule has 1 aliphatic heterocycles. The minimum Gasteiger partial charge on any atom is -0.356 e. The number of piperidine rings is 1. The minimum absolute atomic E-state index is 0.253. The van der Waals surface area contributed by atoms with E-state index in [4.69, 9.17) is 4.98 Å². The lowest BCUT2D eigenvalue weighted by Crippen LogP contribution is -2.30. The average molecular weight is 348 g/mol. The molecule has 1 aliphatic rings. The quantitative estimate of drug-likeness (QED) is 0.719. The Balaban J connectivity index is 1.70. The number of benzene rings is 2. The molecule has 1 N–H and O–H groups in total. The molecule has 1 fully saturated rings. The lowest BCUT2D eigenvalue weighted by molar-refractivity contribution is 0.573. The van der Waals surface area contributed by atoms with Crippen LogP contribution < -0.4 is 10.2 Å². The summed E-state index contributed by atoms with van der Waals surface area (Å²) < 4.78 is 13.2. The van der Waals surface area contributed by atoms with Gasteiger partial charge in [0.05, 0.1) is 0 Å². The van der Waals surface area contributed by atoms with Gasteiger partial charge in [0.25, 0.3) is 0 Å². The maximum atomic E-state index is 13.2. The number of nitrogens with zero attached hydrogens (tertiary/aromatic N) is 3. The molecule has 132 valence electrons. The predicted octanol–water partition coefficient (Wildman–Crippen LogP) is 5.02. The number of anilines is 3. The highest BCUT2D eigenvalue weighted by atomic mass is 19.1. The summed E-state index contributed by atoms with van der Waals surface area (Å²) in [6, 6.07) is 18.2. The first-order valence-corrected chi connectivity index (χ1v) is 9.00. The standard InChI is InChI=1S/C21H21FN4/c22-17-9-11-18(12-10-17)23-19-15-20(26-13-5-2-6-14-26)25-21(24-19)16-7-3-1-4-8-16/h1,3-4,7-12,15H,2,5-6,13-14H2,(H,23,24,25). The molecule has 1 aromatic heterocycles. The highest BCUT2D eigenvalue weighted by molar-refractivity contribution is 5.65. The first kappa shape index (κ1) is 16.5. The molecule has 0 saturated carbocycles. The number of nitrogens with one attached hydrogen (secondary N) is 1. The van der Waals surface area contributed by atoms with Crippen LogP contribution in [0.5, 0.6) is 0 Å². The molecule has 1 saturated heterocycles. The van der Waals surface area contributed by atoms with Crippen LogP contribution in [0.4, 0.5) is 21.7 Å². The summed E-state index contributed by atoms with van der Waals surface area (Å²) in [5.74, 6) is 2.09. The van der Waals surface area contributed by atoms with E-state index in [1.807, 2.05) is 36.4 Å². The largest absolute Gasteiger partial charge is 0.356 e. The fourth-order valence-electron chi connectivity index (χ4n) is 3.18. The Bertz CT molecular complexity index is 859. The zero-order valence-corrected chi connectivity index (χ0v) is 14.5. The van der Waals surface area contributed by atoms with Crippen LogP contribution in [0.25, 0.3) is 11.4 Å². The van der Waals surface area contributed by atoms with Crippen LogP contribution >= 0.6 is 0 Å². The molecule has 0 spiro atoms. The highest BCUT2D eigenvalue weighted by Gasteiger charge is 2.15. The van der Waals surface area contributed by atoms with Gasteiger partial charge < -0.3 is 10.2 Å². The lowest BCUT2D eigenvalue weighted by Gasteiger charge is -2.28. The van der Waals surface area contributed by atoms with Crippen LogP contribution in [0.2, 0.25) is 0 Å². The van der Waals surface area contributed by atoms with Gasteiger partial charge in [-0.25, -0.2) is 14.4 Å². The number of aromatic nitrogens is 2. The van der Waals surface area contributed by atoms with E-state index < -0.39 is 0 Å². The van der Waals surface area contributed by atoms with E-state index in [0.29, 0.717) is 11.6 Å². The van der Waals surface area contributed by atoms with Crippen LogP contribution in [-0.2, 0) is 0 Å². The smallest absolute Gasteiger partial charge is 0.163 e. The van der Waals surface area contributed by atoms with Crippen LogP contribution in [0.15, 0.2) is 60.7 Å². The number of rotatable bonds is 4. The summed E-state index contributed by atoms with van der Waals surface area (Å²) >= 11 is 0. The molecule has 0 amide bonds. The van der Waals surface area contributed by atoms with Crippen molar-refractivity contribution >= 4 is 17.3 Å². The summed E-state index contributed by atoms with van der Waals surface area (Å²) in [7, 11) is 0. The van der Waals surface area contributed by atoms with Crippen molar-refractivity contribution in [3.8, 4) is 11.4 Å². The summed E-state index contributed by atoms with van der Waals surface area (Å²) in [5.41, 5.74) is 1.78. The molecule has 0 bridgehead atoms. The Morgan fingerprint density at radius 2 is 1.58 bits per heavy atom. The molecule has 4 rings (SSSR count). The van der Waals surface area contributed by atoms with Crippen molar-refractivity contribution in [2.75, 3.05) is 23.3 Å².